The fourth-order valence-corrected chi connectivity index (χ4v) is 2.56. The molecule has 2 fully saturated rings. The average Bonchev–Trinajstić information content (AvgIpc) is 2.81. The van der Waals surface area contributed by atoms with Crippen molar-refractivity contribution in [3.63, 3.8) is 0 Å². The van der Waals surface area contributed by atoms with E-state index in [0.29, 0.717) is 13.0 Å². The highest BCUT2D eigenvalue weighted by Gasteiger charge is 2.41. The Bertz CT molecular complexity index is 375. The lowest BCUT2D eigenvalue weighted by Crippen LogP contribution is -2.52. The first kappa shape index (κ1) is 13.0. The second-order valence-electron chi connectivity index (χ2n) is 4.91. The van der Waals surface area contributed by atoms with E-state index >= 15 is 0 Å². The quantitative estimate of drug-likeness (QED) is 0.734. The summed E-state index contributed by atoms with van der Waals surface area (Å²) in [6.45, 7) is 2.18. The van der Waals surface area contributed by atoms with Gasteiger partial charge in [-0.05, 0) is 19.8 Å². The van der Waals surface area contributed by atoms with Crippen LogP contribution in [0.1, 0.15) is 26.2 Å². The molecule has 3 atom stereocenters. The first-order chi connectivity index (χ1) is 8.50. The van der Waals surface area contributed by atoms with Gasteiger partial charge in [-0.15, -0.1) is 0 Å². The van der Waals surface area contributed by atoms with E-state index in [9.17, 15) is 14.4 Å². The molecule has 0 aromatic heterocycles. The number of ether oxygens (including phenoxy) is 1. The molecule has 6 heteroatoms. The molecular weight excluding hydrogens is 238 g/mol. The van der Waals surface area contributed by atoms with E-state index in [-0.39, 0.29) is 30.6 Å². The topological polar surface area (TPSA) is 83.9 Å². The third-order valence-electron chi connectivity index (χ3n) is 3.63. The number of ketones is 2. The summed E-state index contributed by atoms with van der Waals surface area (Å²) in [6, 6.07) is -0.358. The summed E-state index contributed by atoms with van der Waals surface area (Å²) in [6.07, 6.45) is -0.0556. The first-order valence-electron chi connectivity index (χ1n) is 6.18. The van der Waals surface area contributed by atoms with Crippen molar-refractivity contribution >= 4 is 17.7 Å². The van der Waals surface area contributed by atoms with Crippen molar-refractivity contribution in [1.29, 1.82) is 0 Å². The Labute approximate surface area is 105 Å². The lowest BCUT2D eigenvalue weighted by atomic mass is 9.86. The Morgan fingerprint density at radius 3 is 2.72 bits per heavy atom. The molecule has 0 radical (unpaired) electrons. The van der Waals surface area contributed by atoms with Crippen molar-refractivity contribution in [1.82, 2.24) is 4.90 Å². The van der Waals surface area contributed by atoms with Gasteiger partial charge in [0.05, 0.1) is 5.92 Å². The zero-order valence-corrected chi connectivity index (χ0v) is 10.3. The van der Waals surface area contributed by atoms with Crippen LogP contribution in [0.25, 0.3) is 0 Å². The lowest BCUT2D eigenvalue weighted by molar-refractivity contribution is -0.141. The minimum Gasteiger partial charge on any atom is -0.465 e. The number of likely N-dealkylation sites (tertiary alicyclic amines) is 1. The van der Waals surface area contributed by atoms with Crippen LogP contribution in [-0.2, 0) is 14.3 Å². The van der Waals surface area contributed by atoms with E-state index in [1.807, 2.05) is 0 Å². The zero-order valence-electron chi connectivity index (χ0n) is 10.3. The first-order valence-corrected chi connectivity index (χ1v) is 6.18. The molecule has 2 saturated heterocycles. The minimum atomic E-state index is -1.08. The van der Waals surface area contributed by atoms with Gasteiger partial charge in [0.1, 0.15) is 11.9 Å². The van der Waals surface area contributed by atoms with E-state index in [4.69, 9.17) is 9.84 Å². The van der Waals surface area contributed by atoms with E-state index in [0.717, 1.165) is 6.42 Å². The summed E-state index contributed by atoms with van der Waals surface area (Å²) in [4.78, 5) is 36.2. The molecule has 2 rings (SSSR count). The molecule has 2 heterocycles. The summed E-state index contributed by atoms with van der Waals surface area (Å²) >= 11 is 0. The maximum Gasteiger partial charge on any atom is 0.407 e. The van der Waals surface area contributed by atoms with Crippen LogP contribution in [-0.4, -0.2) is 53.0 Å². The Hall–Kier alpha value is -1.43. The number of carboxylic acid groups (broad SMARTS) is 1. The molecule has 0 spiro atoms. The predicted molar refractivity (Wildman–Crippen MR) is 61.3 cm³/mol. The molecule has 100 valence electrons. The molecule has 0 saturated carbocycles. The van der Waals surface area contributed by atoms with Crippen LogP contribution in [0.3, 0.4) is 0 Å². The van der Waals surface area contributed by atoms with Gasteiger partial charge < -0.3 is 14.7 Å². The van der Waals surface area contributed by atoms with Crippen molar-refractivity contribution in [2.75, 3.05) is 13.2 Å². The zero-order chi connectivity index (χ0) is 13.3. The van der Waals surface area contributed by atoms with E-state index < -0.39 is 18.1 Å². The SMILES string of the molecule is C[C@H]1CC(=O)C(C(=O)C2CCCO2)CN1C(=O)O. The van der Waals surface area contributed by atoms with Gasteiger partial charge in [0.25, 0.3) is 0 Å². The van der Waals surface area contributed by atoms with Gasteiger partial charge in [0.2, 0.25) is 0 Å². The van der Waals surface area contributed by atoms with Crippen molar-refractivity contribution in [2.24, 2.45) is 5.92 Å². The monoisotopic (exact) mass is 255 g/mol. The van der Waals surface area contributed by atoms with Crippen molar-refractivity contribution < 1.29 is 24.2 Å². The predicted octanol–water partition coefficient (Wildman–Crippen LogP) is 0.692. The number of hydrogen-bond acceptors (Lipinski definition) is 4. The standard InChI is InChI=1S/C12H17NO5/c1-7-5-9(14)8(6-13(7)12(16)17)11(15)10-3-2-4-18-10/h7-8,10H,2-6H2,1H3,(H,16,17)/t7-,8?,10?/m0/s1. The summed E-state index contributed by atoms with van der Waals surface area (Å²) < 4.78 is 5.27. The van der Waals surface area contributed by atoms with Gasteiger partial charge in [-0.25, -0.2) is 4.79 Å². The van der Waals surface area contributed by atoms with Crippen molar-refractivity contribution in [3.8, 4) is 0 Å². The molecule has 1 N–H and O–H groups in total. The molecule has 1 amide bonds. The Morgan fingerprint density at radius 1 is 1.44 bits per heavy atom. The van der Waals surface area contributed by atoms with E-state index in [1.54, 1.807) is 6.92 Å². The number of carbonyl (C=O) groups is 3. The van der Waals surface area contributed by atoms with Crippen LogP contribution < -0.4 is 0 Å². The number of carbonyl (C=O) groups excluding carboxylic acids is 2. The van der Waals surface area contributed by atoms with Crippen LogP contribution in [0.4, 0.5) is 4.79 Å². The van der Waals surface area contributed by atoms with Gasteiger partial charge in [0.15, 0.2) is 5.78 Å². The number of amides is 1. The average molecular weight is 255 g/mol. The molecule has 2 unspecified atom stereocenters. The van der Waals surface area contributed by atoms with Crippen LogP contribution in [0, 0.1) is 5.92 Å². The summed E-state index contributed by atoms with van der Waals surface area (Å²) in [5.41, 5.74) is 0. The molecule has 6 nitrogen and oxygen atoms in total. The van der Waals surface area contributed by atoms with Crippen molar-refractivity contribution in [3.05, 3.63) is 0 Å². The molecule has 0 aliphatic carbocycles. The van der Waals surface area contributed by atoms with Crippen LogP contribution >= 0.6 is 0 Å². The van der Waals surface area contributed by atoms with Gasteiger partial charge in [0, 0.05) is 25.6 Å². The summed E-state index contributed by atoms with van der Waals surface area (Å²) in [5, 5.41) is 9.03. The van der Waals surface area contributed by atoms with Gasteiger partial charge in [-0.1, -0.05) is 0 Å². The normalized spacial score (nSPS) is 32.6. The highest BCUT2D eigenvalue weighted by molar-refractivity contribution is 6.05. The number of piperidine rings is 1. The number of hydrogen-bond donors (Lipinski definition) is 1. The van der Waals surface area contributed by atoms with E-state index in [2.05, 4.69) is 0 Å². The highest BCUT2D eigenvalue weighted by atomic mass is 16.5. The molecular formula is C12H17NO5. The van der Waals surface area contributed by atoms with Crippen LogP contribution in [0.2, 0.25) is 0 Å². The van der Waals surface area contributed by atoms with Gasteiger partial charge in [-0.3, -0.25) is 9.59 Å². The minimum absolute atomic E-state index is 0.0337. The maximum atomic E-state index is 12.1. The number of Topliss-reactive ketones (excluding diaryl/α,β-unsaturated/α-hetero) is 2. The van der Waals surface area contributed by atoms with Crippen LogP contribution in [0.5, 0.6) is 0 Å². The molecule has 2 aliphatic rings. The Kier molecular flexibility index (Phi) is 3.65. The highest BCUT2D eigenvalue weighted by Crippen LogP contribution is 2.24. The molecule has 0 aromatic rings. The van der Waals surface area contributed by atoms with Gasteiger partial charge >= 0.3 is 6.09 Å². The second kappa shape index (κ2) is 5.06. The van der Waals surface area contributed by atoms with Crippen LogP contribution in [0.15, 0.2) is 0 Å². The third-order valence-corrected chi connectivity index (χ3v) is 3.63. The van der Waals surface area contributed by atoms with E-state index in [1.165, 1.54) is 4.90 Å². The molecule has 0 bridgehead atoms. The Balaban J connectivity index is 2.09. The second-order valence-corrected chi connectivity index (χ2v) is 4.91. The van der Waals surface area contributed by atoms with Crippen molar-refractivity contribution in [2.45, 2.75) is 38.3 Å². The Morgan fingerprint density at radius 2 is 2.17 bits per heavy atom. The third kappa shape index (κ3) is 2.38. The number of rotatable bonds is 2. The smallest absolute Gasteiger partial charge is 0.407 e. The molecule has 0 aromatic carbocycles. The molecule has 18 heavy (non-hydrogen) atoms. The maximum absolute atomic E-state index is 12.1. The number of nitrogens with zero attached hydrogens (tertiary/aromatic N) is 1. The summed E-state index contributed by atoms with van der Waals surface area (Å²) in [7, 11) is 0. The van der Waals surface area contributed by atoms with Gasteiger partial charge in [-0.2, -0.15) is 0 Å². The fraction of sp³-hybridized carbons (Fsp3) is 0.750. The summed E-state index contributed by atoms with van der Waals surface area (Å²) in [5.74, 6) is -1.27. The fourth-order valence-electron chi connectivity index (χ4n) is 2.56. The lowest BCUT2D eigenvalue weighted by Gasteiger charge is -2.35. The largest absolute Gasteiger partial charge is 0.465 e. The molecule has 2 aliphatic heterocycles.